The first-order valence-corrected chi connectivity index (χ1v) is 14.5. The number of benzene rings is 2. The lowest BCUT2D eigenvalue weighted by Gasteiger charge is -2.26. The van der Waals surface area contributed by atoms with Crippen molar-refractivity contribution in [1.29, 1.82) is 0 Å². The monoisotopic (exact) mass is 588 g/mol. The molecular weight excluding hydrogens is 564 g/mol. The highest BCUT2D eigenvalue weighted by atomic mass is 35.5. The molecule has 1 aromatic heterocycles. The van der Waals surface area contributed by atoms with Gasteiger partial charge in [0.15, 0.2) is 0 Å². The van der Waals surface area contributed by atoms with Crippen LogP contribution in [0.15, 0.2) is 52.7 Å². The van der Waals surface area contributed by atoms with E-state index < -0.39 is 39.2 Å². The van der Waals surface area contributed by atoms with Crippen LogP contribution in [-0.2, 0) is 33.8 Å². The van der Waals surface area contributed by atoms with Gasteiger partial charge in [0, 0.05) is 18.7 Å². The fourth-order valence-electron chi connectivity index (χ4n) is 4.26. The minimum absolute atomic E-state index is 0.0158. The summed E-state index contributed by atoms with van der Waals surface area (Å²) < 4.78 is 74.7. The molecule has 0 saturated carbocycles. The summed E-state index contributed by atoms with van der Waals surface area (Å²) in [7, 11) is -2.91. The van der Waals surface area contributed by atoms with Gasteiger partial charge in [-0.3, -0.25) is 4.79 Å². The molecule has 1 fully saturated rings. The molecule has 0 bridgehead atoms. The van der Waals surface area contributed by atoms with Crippen LogP contribution in [0.5, 0.6) is 5.75 Å². The SMILES string of the molecule is C=S(=O)(c1ccc(Cl)s1)N1CCCC1C(=O)NCc1c(F)ccc(OCc2ccc(C(F)(F)F)cc2)c1C. The Hall–Kier alpha value is -2.60. The van der Waals surface area contributed by atoms with E-state index in [1.165, 1.54) is 24.3 Å². The van der Waals surface area contributed by atoms with Crippen LogP contribution in [0.4, 0.5) is 17.6 Å². The van der Waals surface area contributed by atoms with Gasteiger partial charge in [0.1, 0.15) is 24.2 Å². The standard InChI is InChI=1S/C26H25ClF4N2O3S2/c1-16-19(20(28)9-10-22(16)36-15-17-5-7-18(8-6-17)26(29,30)31)14-32-25(34)21-4-3-13-33(21)38(2,35)24-12-11-23(27)37-24/h5-12,21H,2-4,13-15H2,1H3,(H,32,34). The number of amides is 1. The lowest BCUT2D eigenvalue weighted by molar-refractivity contribution is -0.137. The summed E-state index contributed by atoms with van der Waals surface area (Å²) in [6, 6.07) is 9.82. The van der Waals surface area contributed by atoms with Crippen molar-refractivity contribution in [3.8, 4) is 5.75 Å². The van der Waals surface area contributed by atoms with Crippen LogP contribution in [0.25, 0.3) is 0 Å². The molecule has 2 aromatic carbocycles. The van der Waals surface area contributed by atoms with Crippen molar-refractivity contribution < 1.29 is 31.3 Å². The number of nitrogens with one attached hydrogen (secondary N) is 1. The number of carbonyl (C=O) groups is 1. The van der Waals surface area contributed by atoms with Crippen molar-refractivity contribution in [2.45, 2.75) is 49.3 Å². The van der Waals surface area contributed by atoms with E-state index in [0.717, 1.165) is 23.5 Å². The van der Waals surface area contributed by atoms with E-state index in [1.807, 2.05) is 0 Å². The van der Waals surface area contributed by atoms with Gasteiger partial charge in [-0.15, -0.1) is 11.3 Å². The predicted octanol–water partition coefficient (Wildman–Crippen LogP) is 6.22. The Morgan fingerprint density at radius 3 is 2.55 bits per heavy atom. The second-order valence-corrected chi connectivity index (χ2v) is 13.0. The largest absolute Gasteiger partial charge is 0.489 e. The molecule has 204 valence electrons. The number of thiophene rings is 1. The molecule has 12 heteroatoms. The average Bonchev–Trinajstić information content (AvgIpc) is 3.53. The molecule has 1 N–H and O–H groups in total. The van der Waals surface area contributed by atoms with Crippen molar-refractivity contribution in [3.63, 3.8) is 0 Å². The molecule has 5 nitrogen and oxygen atoms in total. The first-order valence-electron chi connectivity index (χ1n) is 11.6. The summed E-state index contributed by atoms with van der Waals surface area (Å²) in [5.41, 5.74) is 0.427. The summed E-state index contributed by atoms with van der Waals surface area (Å²) in [4.78, 5) is 13.1. The van der Waals surface area contributed by atoms with E-state index in [1.54, 1.807) is 23.4 Å². The van der Waals surface area contributed by atoms with Gasteiger partial charge in [-0.25, -0.2) is 12.9 Å². The Morgan fingerprint density at radius 1 is 1.21 bits per heavy atom. The molecule has 1 aliphatic heterocycles. The van der Waals surface area contributed by atoms with Crippen LogP contribution < -0.4 is 10.1 Å². The second-order valence-electron chi connectivity index (χ2n) is 8.85. The number of carbonyl (C=O) groups excluding carboxylic acids is 1. The molecule has 4 rings (SSSR count). The molecule has 3 aromatic rings. The minimum Gasteiger partial charge on any atom is -0.489 e. The molecule has 1 amide bonds. The van der Waals surface area contributed by atoms with Crippen LogP contribution in [0.2, 0.25) is 4.34 Å². The predicted molar refractivity (Wildman–Crippen MR) is 141 cm³/mol. The molecule has 0 radical (unpaired) electrons. The van der Waals surface area contributed by atoms with Crippen molar-refractivity contribution in [1.82, 2.24) is 9.62 Å². The number of alkyl halides is 3. The number of hydrogen-bond donors (Lipinski definition) is 1. The molecule has 1 saturated heterocycles. The zero-order valence-electron chi connectivity index (χ0n) is 20.3. The highest BCUT2D eigenvalue weighted by Crippen LogP contribution is 2.33. The molecule has 38 heavy (non-hydrogen) atoms. The number of rotatable bonds is 8. The van der Waals surface area contributed by atoms with Gasteiger partial charge in [-0.1, -0.05) is 23.7 Å². The molecule has 0 spiro atoms. The van der Waals surface area contributed by atoms with E-state index in [-0.39, 0.29) is 18.7 Å². The van der Waals surface area contributed by atoms with Crippen LogP contribution in [-0.4, -0.2) is 32.9 Å². The normalized spacial score (nSPS) is 17.8. The maximum atomic E-state index is 14.7. The summed E-state index contributed by atoms with van der Waals surface area (Å²) in [5.74, 6) is 3.29. The zero-order chi connectivity index (χ0) is 27.7. The van der Waals surface area contributed by atoms with E-state index in [2.05, 4.69) is 11.2 Å². The third-order valence-electron chi connectivity index (χ3n) is 6.35. The van der Waals surface area contributed by atoms with Crippen LogP contribution in [0.3, 0.4) is 0 Å². The maximum absolute atomic E-state index is 14.7. The summed E-state index contributed by atoms with van der Waals surface area (Å²) >= 11 is 7.15. The smallest absolute Gasteiger partial charge is 0.416 e. The van der Waals surface area contributed by atoms with Crippen molar-refractivity contribution in [2.24, 2.45) is 0 Å². The fourth-order valence-corrected chi connectivity index (χ4v) is 7.80. The molecule has 2 unspecified atom stereocenters. The molecule has 2 atom stereocenters. The molecule has 2 heterocycles. The van der Waals surface area contributed by atoms with Gasteiger partial charge >= 0.3 is 6.18 Å². The highest BCUT2D eigenvalue weighted by Gasteiger charge is 2.37. The van der Waals surface area contributed by atoms with E-state index >= 15 is 0 Å². The number of hydrogen-bond acceptors (Lipinski definition) is 4. The topological polar surface area (TPSA) is 58.6 Å². The quantitative estimate of drug-likeness (QED) is 0.251. The van der Waals surface area contributed by atoms with Crippen LogP contribution in [0, 0.1) is 12.7 Å². The Balaban J connectivity index is 1.42. The first-order chi connectivity index (χ1) is 17.9. The van der Waals surface area contributed by atoms with Crippen LogP contribution in [0.1, 0.15) is 35.1 Å². The number of ether oxygens (including phenoxy) is 1. The van der Waals surface area contributed by atoms with Gasteiger partial charge in [0.2, 0.25) is 5.91 Å². The molecule has 0 aliphatic carbocycles. The van der Waals surface area contributed by atoms with Gasteiger partial charge < -0.3 is 10.1 Å². The maximum Gasteiger partial charge on any atom is 0.416 e. The van der Waals surface area contributed by atoms with Gasteiger partial charge in [-0.05, 0) is 73.2 Å². The Morgan fingerprint density at radius 2 is 1.92 bits per heavy atom. The lowest BCUT2D eigenvalue weighted by Crippen LogP contribution is -2.45. The molecular formula is C26H25ClF4N2O3S2. The molecule has 1 aliphatic rings. The minimum atomic E-state index is -4.43. The first kappa shape index (κ1) is 28.4. The van der Waals surface area contributed by atoms with E-state index in [4.69, 9.17) is 16.3 Å². The van der Waals surface area contributed by atoms with Crippen molar-refractivity contribution >= 4 is 44.4 Å². The summed E-state index contributed by atoms with van der Waals surface area (Å²) in [6.45, 7) is 1.92. The van der Waals surface area contributed by atoms with Crippen molar-refractivity contribution in [2.75, 3.05) is 6.54 Å². The third kappa shape index (κ3) is 6.17. The Bertz CT molecular complexity index is 1420. The van der Waals surface area contributed by atoms with Gasteiger partial charge in [0.25, 0.3) is 0 Å². The van der Waals surface area contributed by atoms with E-state index in [0.29, 0.717) is 44.8 Å². The Kier molecular flexibility index (Phi) is 8.41. The number of nitrogens with zero attached hydrogens (tertiary/aromatic N) is 1. The lowest BCUT2D eigenvalue weighted by atomic mass is 10.1. The zero-order valence-corrected chi connectivity index (χ0v) is 22.7. The summed E-state index contributed by atoms with van der Waals surface area (Å²) in [6.07, 6.45) is -3.29. The van der Waals surface area contributed by atoms with E-state index in [9.17, 15) is 26.6 Å². The second kappa shape index (κ2) is 11.3. The van der Waals surface area contributed by atoms with Gasteiger partial charge in [-0.2, -0.15) is 13.2 Å². The fraction of sp³-hybridized carbons (Fsp3) is 0.308. The summed E-state index contributed by atoms with van der Waals surface area (Å²) in [5, 5.41) is 2.74. The highest BCUT2D eigenvalue weighted by molar-refractivity contribution is 8.00. The average molecular weight is 589 g/mol. The Labute approximate surface area is 227 Å². The number of halogens is 5. The van der Waals surface area contributed by atoms with Crippen molar-refractivity contribution in [3.05, 3.63) is 80.9 Å². The third-order valence-corrected chi connectivity index (χ3v) is 10.4. The van der Waals surface area contributed by atoms with Gasteiger partial charge in [0.05, 0.1) is 23.8 Å². The van der Waals surface area contributed by atoms with Crippen LogP contribution >= 0.6 is 22.9 Å².